The third-order valence-electron chi connectivity index (χ3n) is 2.20. The Kier molecular flexibility index (Phi) is 3.68. The molecule has 0 atom stereocenters. The van der Waals surface area contributed by atoms with Gasteiger partial charge in [0.05, 0.1) is 4.90 Å². The van der Waals surface area contributed by atoms with Crippen LogP contribution in [0.25, 0.3) is 0 Å². The van der Waals surface area contributed by atoms with E-state index in [1.54, 1.807) is 24.3 Å². The Balaban J connectivity index is 2.30. The van der Waals surface area contributed by atoms with E-state index in [1.807, 2.05) is 0 Å². The van der Waals surface area contributed by atoms with Crippen LogP contribution in [0.4, 0.5) is 10.1 Å². The average molecular weight is 330 g/mol. The van der Waals surface area contributed by atoms with E-state index >= 15 is 0 Å². The molecule has 0 fully saturated rings. The molecule has 2 aromatic carbocycles. The zero-order valence-electron chi connectivity index (χ0n) is 9.10. The standard InChI is InChI=1S/C12H9BrFNO2S/c13-9-2-1-3-11(8-9)15-18(16,17)12-6-4-10(14)5-7-12/h1-8,15H. The lowest BCUT2D eigenvalue weighted by molar-refractivity contribution is 0.599. The quantitative estimate of drug-likeness (QED) is 0.938. The van der Waals surface area contributed by atoms with Crippen LogP contribution >= 0.6 is 15.9 Å². The van der Waals surface area contributed by atoms with Gasteiger partial charge in [-0.3, -0.25) is 4.72 Å². The van der Waals surface area contributed by atoms with Gasteiger partial charge in [-0.05, 0) is 42.5 Å². The monoisotopic (exact) mass is 329 g/mol. The summed E-state index contributed by atoms with van der Waals surface area (Å²) in [6.45, 7) is 0. The molecule has 0 aliphatic carbocycles. The summed E-state index contributed by atoms with van der Waals surface area (Å²) >= 11 is 3.25. The van der Waals surface area contributed by atoms with Gasteiger partial charge in [0.15, 0.2) is 0 Å². The van der Waals surface area contributed by atoms with E-state index in [2.05, 4.69) is 20.7 Å². The van der Waals surface area contributed by atoms with Crippen molar-refractivity contribution in [2.75, 3.05) is 4.72 Å². The maximum Gasteiger partial charge on any atom is 0.261 e. The van der Waals surface area contributed by atoms with Gasteiger partial charge in [-0.2, -0.15) is 0 Å². The number of sulfonamides is 1. The van der Waals surface area contributed by atoms with E-state index in [4.69, 9.17) is 0 Å². The molecule has 0 bridgehead atoms. The first-order valence-electron chi connectivity index (χ1n) is 5.01. The van der Waals surface area contributed by atoms with Gasteiger partial charge in [-0.15, -0.1) is 0 Å². The molecule has 3 nitrogen and oxygen atoms in total. The average Bonchev–Trinajstić information content (AvgIpc) is 2.29. The molecule has 0 unspecified atom stereocenters. The smallest absolute Gasteiger partial charge is 0.261 e. The van der Waals surface area contributed by atoms with Crippen molar-refractivity contribution < 1.29 is 12.8 Å². The summed E-state index contributed by atoms with van der Waals surface area (Å²) in [6.07, 6.45) is 0. The van der Waals surface area contributed by atoms with Crippen molar-refractivity contribution in [1.29, 1.82) is 0 Å². The van der Waals surface area contributed by atoms with Gasteiger partial charge in [0.2, 0.25) is 0 Å². The van der Waals surface area contributed by atoms with E-state index in [-0.39, 0.29) is 4.90 Å². The Morgan fingerprint density at radius 1 is 1.06 bits per heavy atom. The van der Waals surface area contributed by atoms with E-state index in [0.29, 0.717) is 5.69 Å². The summed E-state index contributed by atoms with van der Waals surface area (Å²) in [4.78, 5) is 0.0175. The highest BCUT2D eigenvalue weighted by molar-refractivity contribution is 9.10. The Bertz CT molecular complexity index is 656. The molecule has 0 aliphatic rings. The zero-order chi connectivity index (χ0) is 13.2. The van der Waals surface area contributed by atoms with Crippen LogP contribution < -0.4 is 4.72 Å². The molecule has 94 valence electrons. The molecule has 18 heavy (non-hydrogen) atoms. The van der Waals surface area contributed by atoms with Crippen molar-refractivity contribution in [3.8, 4) is 0 Å². The van der Waals surface area contributed by atoms with Gasteiger partial charge in [-0.1, -0.05) is 22.0 Å². The molecule has 0 heterocycles. The molecule has 0 amide bonds. The van der Waals surface area contributed by atoms with Gasteiger partial charge in [0, 0.05) is 10.2 Å². The van der Waals surface area contributed by atoms with E-state index < -0.39 is 15.8 Å². The molecule has 0 aliphatic heterocycles. The van der Waals surface area contributed by atoms with Crippen molar-refractivity contribution >= 4 is 31.6 Å². The van der Waals surface area contributed by atoms with Crippen LogP contribution in [0.2, 0.25) is 0 Å². The molecule has 0 radical (unpaired) electrons. The predicted octanol–water partition coefficient (Wildman–Crippen LogP) is 3.39. The molecule has 2 aromatic rings. The highest BCUT2D eigenvalue weighted by Crippen LogP contribution is 2.19. The van der Waals surface area contributed by atoms with Crippen LogP contribution in [0.1, 0.15) is 0 Å². The van der Waals surface area contributed by atoms with Crippen LogP contribution in [0, 0.1) is 5.82 Å². The fourth-order valence-electron chi connectivity index (χ4n) is 1.38. The van der Waals surface area contributed by atoms with Crippen molar-refractivity contribution in [1.82, 2.24) is 0 Å². The van der Waals surface area contributed by atoms with Crippen LogP contribution in [0.15, 0.2) is 57.9 Å². The number of rotatable bonds is 3. The maximum atomic E-state index is 12.7. The third kappa shape index (κ3) is 3.08. The Hall–Kier alpha value is -1.40. The minimum Gasteiger partial charge on any atom is -0.280 e. The first kappa shape index (κ1) is 13.0. The lowest BCUT2D eigenvalue weighted by Crippen LogP contribution is -2.12. The highest BCUT2D eigenvalue weighted by Gasteiger charge is 2.13. The van der Waals surface area contributed by atoms with Gasteiger partial charge in [0.25, 0.3) is 10.0 Å². The first-order chi connectivity index (χ1) is 8.47. The topological polar surface area (TPSA) is 46.2 Å². The molecule has 6 heteroatoms. The van der Waals surface area contributed by atoms with Gasteiger partial charge >= 0.3 is 0 Å². The van der Waals surface area contributed by atoms with Crippen LogP contribution in [0.5, 0.6) is 0 Å². The lowest BCUT2D eigenvalue weighted by Gasteiger charge is -2.08. The molecule has 2 rings (SSSR count). The summed E-state index contributed by atoms with van der Waals surface area (Å²) in [7, 11) is -3.68. The number of hydrogen-bond donors (Lipinski definition) is 1. The second-order valence-electron chi connectivity index (χ2n) is 3.57. The van der Waals surface area contributed by atoms with E-state index in [1.165, 1.54) is 12.1 Å². The molecular weight excluding hydrogens is 321 g/mol. The lowest BCUT2D eigenvalue weighted by atomic mass is 10.3. The minimum atomic E-state index is -3.68. The largest absolute Gasteiger partial charge is 0.280 e. The number of hydrogen-bond acceptors (Lipinski definition) is 2. The summed E-state index contributed by atoms with van der Waals surface area (Å²) in [5.41, 5.74) is 0.439. The molecule has 0 aromatic heterocycles. The zero-order valence-corrected chi connectivity index (χ0v) is 11.5. The van der Waals surface area contributed by atoms with Crippen LogP contribution in [-0.4, -0.2) is 8.42 Å². The molecule has 0 saturated carbocycles. The van der Waals surface area contributed by atoms with Crippen molar-refractivity contribution in [2.45, 2.75) is 4.90 Å². The number of halogens is 2. The second-order valence-corrected chi connectivity index (χ2v) is 6.17. The summed E-state index contributed by atoms with van der Waals surface area (Å²) in [5, 5.41) is 0. The van der Waals surface area contributed by atoms with Gasteiger partial charge < -0.3 is 0 Å². The number of nitrogens with one attached hydrogen (secondary N) is 1. The van der Waals surface area contributed by atoms with Crippen molar-refractivity contribution in [3.05, 3.63) is 58.8 Å². The molecular formula is C12H9BrFNO2S. The van der Waals surface area contributed by atoms with E-state index in [0.717, 1.165) is 16.6 Å². The molecule has 1 N–H and O–H groups in total. The predicted molar refractivity (Wildman–Crippen MR) is 71.4 cm³/mol. The highest BCUT2D eigenvalue weighted by atomic mass is 79.9. The first-order valence-corrected chi connectivity index (χ1v) is 7.29. The van der Waals surface area contributed by atoms with Gasteiger partial charge in [-0.25, -0.2) is 12.8 Å². The summed E-state index contributed by atoms with van der Waals surface area (Å²) in [5.74, 6) is -0.476. The minimum absolute atomic E-state index is 0.0175. The number of benzene rings is 2. The Morgan fingerprint density at radius 3 is 2.33 bits per heavy atom. The van der Waals surface area contributed by atoms with E-state index in [9.17, 15) is 12.8 Å². The van der Waals surface area contributed by atoms with Crippen molar-refractivity contribution in [2.24, 2.45) is 0 Å². The Labute approximate surface area is 113 Å². The second kappa shape index (κ2) is 5.07. The Morgan fingerprint density at radius 2 is 1.72 bits per heavy atom. The fourth-order valence-corrected chi connectivity index (χ4v) is 2.83. The summed E-state index contributed by atoms with van der Waals surface area (Å²) in [6, 6.07) is 11.4. The van der Waals surface area contributed by atoms with Crippen LogP contribution in [0.3, 0.4) is 0 Å². The maximum absolute atomic E-state index is 12.7. The summed E-state index contributed by atoms with van der Waals surface area (Å²) < 4.78 is 39.9. The normalized spacial score (nSPS) is 11.2. The van der Waals surface area contributed by atoms with Crippen molar-refractivity contribution in [3.63, 3.8) is 0 Å². The number of anilines is 1. The SMILES string of the molecule is O=S(=O)(Nc1cccc(Br)c1)c1ccc(F)cc1. The molecule has 0 saturated heterocycles. The van der Waals surface area contributed by atoms with Gasteiger partial charge in [0.1, 0.15) is 5.82 Å². The van der Waals surface area contributed by atoms with Crippen LogP contribution in [-0.2, 0) is 10.0 Å². The molecule has 0 spiro atoms. The fraction of sp³-hybridized carbons (Fsp3) is 0. The third-order valence-corrected chi connectivity index (χ3v) is 4.09.